The van der Waals surface area contributed by atoms with E-state index >= 15 is 0 Å². The van der Waals surface area contributed by atoms with Crippen molar-refractivity contribution in [3.05, 3.63) is 34.3 Å². The van der Waals surface area contributed by atoms with Gasteiger partial charge in [-0.05, 0) is 12.1 Å². The number of carbonyl (C=O) groups excluding carboxylic acids is 1. The molecule has 80 valence electrons. The van der Waals surface area contributed by atoms with E-state index in [1.807, 2.05) is 12.1 Å². The lowest BCUT2D eigenvalue weighted by molar-refractivity contribution is -0.137. The predicted molar refractivity (Wildman–Crippen MR) is 57.8 cm³/mol. The first kappa shape index (κ1) is 15.7. The van der Waals surface area contributed by atoms with Crippen LogP contribution < -0.4 is 0 Å². The van der Waals surface area contributed by atoms with Crippen molar-refractivity contribution in [1.29, 1.82) is 0 Å². The van der Waals surface area contributed by atoms with E-state index in [1.165, 1.54) is 14.0 Å². The Balaban J connectivity index is 0. The maximum Gasteiger partial charge on any atom is 0.302 e. The van der Waals surface area contributed by atoms with Gasteiger partial charge in [-0.1, -0.05) is 35.3 Å². The predicted octanol–water partition coefficient (Wildman–Crippen LogP) is 2.35. The minimum Gasteiger partial charge on any atom is -0.469 e. The number of benzene rings is 1. The van der Waals surface area contributed by atoms with Crippen molar-refractivity contribution >= 4 is 29.2 Å². The second-order valence-electron chi connectivity index (χ2n) is 2.11. The Morgan fingerprint density at radius 2 is 1.50 bits per heavy atom. The van der Waals surface area contributed by atoms with Crippen molar-refractivity contribution in [2.24, 2.45) is 0 Å². The number of esters is 1. The molecule has 0 radical (unpaired) electrons. The van der Waals surface area contributed by atoms with E-state index in [-0.39, 0.29) is 11.4 Å². The Kier molecular flexibility index (Phi) is 9.88. The Morgan fingerprint density at radius 1 is 1.21 bits per heavy atom. The quantitative estimate of drug-likeness (QED) is 0.652. The summed E-state index contributed by atoms with van der Waals surface area (Å²) < 4.78 is 4.11. The number of hydrogen-bond acceptors (Lipinski definition) is 2. The van der Waals surface area contributed by atoms with Gasteiger partial charge < -0.3 is 10.2 Å². The van der Waals surface area contributed by atoms with Crippen LogP contribution >= 0.6 is 23.2 Å². The average Bonchev–Trinajstić information content (AvgIpc) is 2.11. The largest absolute Gasteiger partial charge is 0.469 e. The summed E-state index contributed by atoms with van der Waals surface area (Å²) in [6, 6.07) is 7.19. The van der Waals surface area contributed by atoms with Crippen LogP contribution in [0.3, 0.4) is 0 Å². The fraction of sp³-hybridized carbons (Fsp3) is 0.222. The molecule has 0 aromatic heterocycles. The standard InChI is InChI=1S/C6H4Cl2.C3H6O2.H2O/c7-5-3-1-2-4-6(5)8;1-3(4)5-2;/h1-4H;1-2H3;1H2. The third kappa shape index (κ3) is 7.86. The summed E-state index contributed by atoms with van der Waals surface area (Å²) >= 11 is 11.2. The Morgan fingerprint density at radius 3 is 1.64 bits per heavy atom. The van der Waals surface area contributed by atoms with E-state index in [9.17, 15) is 4.79 Å². The lowest BCUT2D eigenvalue weighted by atomic mass is 10.4. The lowest BCUT2D eigenvalue weighted by Gasteiger charge is -1.88. The van der Waals surface area contributed by atoms with Crippen molar-refractivity contribution < 1.29 is 15.0 Å². The molecule has 1 aromatic rings. The van der Waals surface area contributed by atoms with Crippen LogP contribution in [0.25, 0.3) is 0 Å². The van der Waals surface area contributed by atoms with Crippen LogP contribution in [0.1, 0.15) is 6.92 Å². The van der Waals surface area contributed by atoms with Crippen LogP contribution in [-0.2, 0) is 9.53 Å². The second-order valence-corrected chi connectivity index (χ2v) is 2.92. The van der Waals surface area contributed by atoms with E-state index in [1.54, 1.807) is 12.1 Å². The van der Waals surface area contributed by atoms with E-state index in [4.69, 9.17) is 23.2 Å². The number of ether oxygens (including phenoxy) is 1. The average molecular weight is 239 g/mol. The van der Waals surface area contributed by atoms with E-state index < -0.39 is 0 Å². The van der Waals surface area contributed by atoms with E-state index in [0.717, 1.165) is 0 Å². The smallest absolute Gasteiger partial charge is 0.302 e. The SMILES string of the molecule is COC(C)=O.Clc1ccccc1Cl.O. The normalized spacial score (nSPS) is 7.71. The highest BCUT2D eigenvalue weighted by Crippen LogP contribution is 2.19. The van der Waals surface area contributed by atoms with Gasteiger partial charge in [0.25, 0.3) is 0 Å². The topological polar surface area (TPSA) is 57.8 Å². The van der Waals surface area contributed by atoms with E-state index in [2.05, 4.69) is 4.74 Å². The Bertz CT molecular complexity index is 256. The molecule has 0 atom stereocenters. The number of methoxy groups -OCH3 is 1. The van der Waals surface area contributed by atoms with Crippen molar-refractivity contribution in [3.63, 3.8) is 0 Å². The maximum atomic E-state index is 9.59. The molecule has 0 aliphatic rings. The van der Waals surface area contributed by atoms with E-state index in [0.29, 0.717) is 10.0 Å². The summed E-state index contributed by atoms with van der Waals surface area (Å²) in [6.45, 7) is 1.36. The molecule has 14 heavy (non-hydrogen) atoms. The summed E-state index contributed by atoms with van der Waals surface area (Å²) in [6.07, 6.45) is 0. The van der Waals surface area contributed by atoms with Gasteiger partial charge in [-0.15, -0.1) is 0 Å². The highest BCUT2D eigenvalue weighted by Gasteiger charge is 1.89. The fourth-order valence-corrected chi connectivity index (χ4v) is 0.711. The van der Waals surface area contributed by atoms with Gasteiger partial charge in [0.1, 0.15) is 0 Å². The van der Waals surface area contributed by atoms with Crippen molar-refractivity contribution in [3.8, 4) is 0 Å². The molecule has 0 saturated heterocycles. The van der Waals surface area contributed by atoms with Crippen LogP contribution in [-0.4, -0.2) is 18.6 Å². The first-order valence-electron chi connectivity index (χ1n) is 3.52. The molecule has 0 heterocycles. The van der Waals surface area contributed by atoms with Gasteiger partial charge in [0.2, 0.25) is 0 Å². The molecule has 3 nitrogen and oxygen atoms in total. The summed E-state index contributed by atoms with van der Waals surface area (Å²) in [5.41, 5.74) is 0. The monoisotopic (exact) mass is 238 g/mol. The van der Waals surface area contributed by atoms with Crippen molar-refractivity contribution in [2.45, 2.75) is 6.92 Å². The zero-order chi connectivity index (χ0) is 10.3. The summed E-state index contributed by atoms with van der Waals surface area (Å²) in [5, 5.41) is 1.21. The molecule has 0 spiro atoms. The maximum absolute atomic E-state index is 9.59. The molecule has 5 heteroatoms. The first-order chi connectivity index (χ1) is 6.07. The summed E-state index contributed by atoms with van der Waals surface area (Å²) in [4.78, 5) is 9.59. The molecular formula is C9H12Cl2O3. The van der Waals surface area contributed by atoms with Crippen LogP contribution in [0.15, 0.2) is 24.3 Å². The molecule has 0 saturated carbocycles. The molecular weight excluding hydrogens is 227 g/mol. The number of rotatable bonds is 0. The minimum atomic E-state index is -0.245. The van der Waals surface area contributed by atoms with Crippen LogP contribution in [0, 0.1) is 0 Å². The molecule has 1 rings (SSSR count). The first-order valence-corrected chi connectivity index (χ1v) is 4.28. The Hall–Kier alpha value is -0.770. The molecule has 0 aliphatic heterocycles. The van der Waals surface area contributed by atoms with Crippen LogP contribution in [0.5, 0.6) is 0 Å². The van der Waals surface area contributed by atoms with Gasteiger partial charge in [0.05, 0.1) is 17.2 Å². The van der Waals surface area contributed by atoms with Gasteiger partial charge in [0.15, 0.2) is 0 Å². The molecule has 0 amide bonds. The zero-order valence-corrected chi connectivity index (χ0v) is 9.39. The molecule has 1 aromatic carbocycles. The van der Waals surface area contributed by atoms with Gasteiger partial charge in [-0.25, -0.2) is 0 Å². The minimum absolute atomic E-state index is 0. The molecule has 2 N–H and O–H groups in total. The highest BCUT2D eigenvalue weighted by atomic mass is 35.5. The van der Waals surface area contributed by atoms with Gasteiger partial charge in [0, 0.05) is 6.92 Å². The number of hydrogen-bond donors (Lipinski definition) is 0. The Labute approximate surface area is 92.9 Å². The third-order valence-electron chi connectivity index (χ3n) is 1.11. The van der Waals surface area contributed by atoms with Crippen molar-refractivity contribution in [1.82, 2.24) is 0 Å². The van der Waals surface area contributed by atoms with Gasteiger partial charge >= 0.3 is 5.97 Å². The van der Waals surface area contributed by atoms with Crippen LogP contribution in [0.2, 0.25) is 10.0 Å². The molecule has 0 aliphatic carbocycles. The fourth-order valence-electron chi connectivity index (χ4n) is 0.439. The van der Waals surface area contributed by atoms with Gasteiger partial charge in [-0.3, -0.25) is 4.79 Å². The summed E-state index contributed by atoms with van der Waals surface area (Å²) in [5.74, 6) is -0.245. The molecule has 0 bridgehead atoms. The zero-order valence-electron chi connectivity index (χ0n) is 7.88. The lowest BCUT2D eigenvalue weighted by Crippen LogP contribution is -1.88. The molecule has 0 unspecified atom stereocenters. The molecule has 0 fully saturated rings. The highest BCUT2D eigenvalue weighted by molar-refractivity contribution is 6.41. The number of halogens is 2. The number of carbonyl (C=O) groups is 1. The summed E-state index contributed by atoms with van der Waals surface area (Å²) in [7, 11) is 1.35. The third-order valence-corrected chi connectivity index (χ3v) is 1.87. The van der Waals surface area contributed by atoms with Crippen molar-refractivity contribution in [2.75, 3.05) is 7.11 Å². The van der Waals surface area contributed by atoms with Gasteiger partial charge in [-0.2, -0.15) is 0 Å². The second kappa shape index (κ2) is 8.81. The van der Waals surface area contributed by atoms with Crippen LogP contribution in [0.4, 0.5) is 0 Å².